The molecule has 0 radical (unpaired) electrons. The molecule has 1 heterocycles. The van der Waals surface area contributed by atoms with Gasteiger partial charge in [-0.1, -0.05) is 23.7 Å². The van der Waals surface area contributed by atoms with Gasteiger partial charge in [0.05, 0.1) is 10.6 Å². The van der Waals surface area contributed by atoms with Gasteiger partial charge in [0.1, 0.15) is 5.82 Å². The standard InChI is InChI=1S/C13H8ClFO2S/c14-10-3-1-4-11(15)8(10)7-9(13(16)17)12-5-2-6-18-12/h1-7H,(H,16,17)/b9-7-. The minimum absolute atomic E-state index is 0.0250. The number of benzene rings is 1. The zero-order valence-electron chi connectivity index (χ0n) is 9.06. The van der Waals surface area contributed by atoms with E-state index in [1.807, 2.05) is 0 Å². The average Bonchev–Trinajstić information content (AvgIpc) is 2.81. The van der Waals surface area contributed by atoms with Crippen LogP contribution in [0.15, 0.2) is 35.7 Å². The van der Waals surface area contributed by atoms with Gasteiger partial charge in [-0.15, -0.1) is 11.3 Å². The van der Waals surface area contributed by atoms with E-state index in [1.54, 1.807) is 17.5 Å². The first-order valence-electron chi connectivity index (χ1n) is 5.02. The van der Waals surface area contributed by atoms with E-state index in [2.05, 4.69) is 0 Å². The summed E-state index contributed by atoms with van der Waals surface area (Å²) in [5.41, 5.74) is 0.113. The van der Waals surface area contributed by atoms with Gasteiger partial charge < -0.3 is 5.11 Å². The van der Waals surface area contributed by atoms with Gasteiger partial charge >= 0.3 is 5.97 Å². The molecule has 1 N–H and O–H groups in total. The van der Waals surface area contributed by atoms with E-state index in [-0.39, 0.29) is 16.2 Å². The van der Waals surface area contributed by atoms with Crippen molar-refractivity contribution in [2.75, 3.05) is 0 Å². The molecule has 0 bridgehead atoms. The van der Waals surface area contributed by atoms with Crippen molar-refractivity contribution in [3.05, 3.63) is 57.0 Å². The summed E-state index contributed by atoms with van der Waals surface area (Å²) in [5, 5.41) is 11.1. The van der Waals surface area contributed by atoms with Gasteiger partial charge in [0.15, 0.2) is 0 Å². The minimum atomic E-state index is -1.11. The highest BCUT2D eigenvalue weighted by atomic mass is 35.5. The predicted molar refractivity (Wildman–Crippen MR) is 71.2 cm³/mol. The van der Waals surface area contributed by atoms with E-state index in [9.17, 15) is 9.18 Å². The van der Waals surface area contributed by atoms with Crippen molar-refractivity contribution in [2.24, 2.45) is 0 Å². The molecular weight excluding hydrogens is 275 g/mol. The van der Waals surface area contributed by atoms with E-state index in [0.29, 0.717) is 4.88 Å². The maximum Gasteiger partial charge on any atom is 0.337 e. The van der Waals surface area contributed by atoms with Crippen LogP contribution < -0.4 is 0 Å². The van der Waals surface area contributed by atoms with Crippen LogP contribution in [0.3, 0.4) is 0 Å². The molecule has 92 valence electrons. The van der Waals surface area contributed by atoms with E-state index >= 15 is 0 Å². The smallest absolute Gasteiger partial charge is 0.337 e. The number of hydrogen-bond donors (Lipinski definition) is 1. The summed E-state index contributed by atoms with van der Waals surface area (Å²) in [6.07, 6.45) is 1.26. The Balaban J connectivity index is 2.56. The zero-order chi connectivity index (χ0) is 13.1. The number of carboxylic acid groups (broad SMARTS) is 1. The van der Waals surface area contributed by atoms with Crippen LogP contribution >= 0.6 is 22.9 Å². The number of hydrogen-bond acceptors (Lipinski definition) is 2. The third-order valence-electron chi connectivity index (χ3n) is 2.31. The Morgan fingerprint density at radius 2 is 2.11 bits per heavy atom. The van der Waals surface area contributed by atoms with Crippen LogP contribution in [0.4, 0.5) is 4.39 Å². The van der Waals surface area contributed by atoms with Crippen LogP contribution in [0.1, 0.15) is 10.4 Å². The molecule has 2 aromatic rings. The lowest BCUT2D eigenvalue weighted by atomic mass is 10.1. The van der Waals surface area contributed by atoms with Gasteiger partial charge in [-0.05, 0) is 29.7 Å². The first kappa shape index (κ1) is 12.8. The van der Waals surface area contributed by atoms with Crippen LogP contribution in [0, 0.1) is 5.82 Å². The lowest BCUT2D eigenvalue weighted by molar-refractivity contribution is -0.130. The van der Waals surface area contributed by atoms with Gasteiger partial charge in [-0.2, -0.15) is 0 Å². The summed E-state index contributed by atoms with van der Waals surface area (Å²) in [4.78, 5) is 11.8. The van der Waals surface area contributed by atoms with Crippen molar-refractivity contribution >= 4 is 40.6 Å². The van der Waals surface area contributed by atoms with Gasteiger partial charge in [0.2, 0.25) is 0 Å². The molecule has 0 aliphatic heterocycles. The van der Waals surface area contributed by atoms with Crippen molar-refractivity contribution in [2.45, 2.75) is 0 Å². The molecule has 1 aromatic heterocycles. The minimum Gasteiger partial charge on any atom is -0.478 e. The Bertz CT molecular complexity index is 585. The Hall–Kier alpha value is -1.65. The summed E-state index contributed by atoms with van der Waals surface area (Å²) < 4.78 is 13.6. The van der Waals surface area contributed by atoms with E-state index in [1.165, 1.54) is 35.6 Å². The molecule has 0 aliphatic rings. The normalized spacial score (nSPS) is 11.6. The van der Waals surface area contributed by atoms with Crippen molar-refractivity contribution in [1.82, 2.24) is 0 Å². The van der Waals surface area contributed by atoms with Crippen molar-refractivity contribution in [3.63, 3.8) is 0 Å². The molecule has 0 spiro atoms. The number of carbonyl (C=O) groups is 1. The average molecular weight is 283 g/mol. The number of halogens is 2. The van der Waals surface area contributed by atoms with E-state index < -0.39 is 11.8 Å². The molecule has 2 rings (SSSR count). The van der Waals surface area contributed by atoms with Crippen LogP contribution in [0.5, 0.6) is 0 Å². The molecular formula is C13H8ClFO2S. The van der Waals surface area contributed by atoms with Crippen molar-refractivity contribution < 1.29 is 14.3 Å². The largest absolute Gasteiger partial charge is 0.478 e. The quantitative estimate of drug-likeness (QED) is 0.858. The Kier molecular flexibility index (Phi) is 3.79. The van der Waals surface area contributed by atoms with Crippen LogP contribution in [-0.4, -0.2) is 11.1 Å². The van der Waals surface area contributed by atoms with Crippen LogP contribution in [-0.2, 0) is 4.79 Å². The van der Waals surface area contributed by atoms with E-state index in [4.69, 9.17) is 16.7 Å². The third kappa shape index (κ3) is 2.60. The Labute approximate surface area is 112 Å². The topological polar surface area (TPSA) is 37.3 Å². The lowest BCUT2D eigenvalue weighted by Gasteiger charge is -2.03. The highest BCUT2D eigenvalue weighted by molar-refractivity contribution is 7.11. The highest BCUT2D eigenvalue weighted by Crippen LogP contribution is 2.27. The van der Waals surface area contributed by atoms with Gasteiger partial charge in [-0.25, -0.2) is 9.18 Å². The SMILES string of the molecule is O=C(O)/C(=C\c1c(F)cccc1Cl)c1cccs1. The molecule has 0 fully saturated rings. The molecule has 5 heteroatoms. The second kappa shape index (κ2) is 5.33. The fourth-order valence-corrected chi connectivity index (χ4v) is 2.41. The van der Waals surface area contributed by atoms with Gasteiger partial charge in [0, 0.05) is 10.4 Å². The monoisotopic (exact) mass is 282 g/mol. The number of thiophene rings is 1. The van der Waals surface area contributed by atoms with Gasteiger partial charge in [0.25, 0.3) is 0 Å². The fraction of sp³-hybridized carbons (Fsp3) is 0. The second-order valence-corrected chi connectivity index (χ2v) is 4.83. The summed E-state index contributed by atoms with van der Waals surface area (Å²) in [6, 6.07) is 7.63. The maximum atomic E-state index is 13.6. The zero-order valence-corrected chi connectivity index (χ0v) is 10.6. The molecule has 0 amide bonds. The van der Waals surface area contributed by atoms with Crippen LogP contribution in [0.2, 0.25) is 5.02 Å². The summed E-state index contributed by atoms with van der Waals surface area (Å²) in [7, 11) is 0. The van der Waals surface area contributed by atoms with Crippen molar-refractivity contribution in [1.29, 1.82) is 0 Å². The molecule has 18 heavy (non-hydrogen) atoms. The maximum absolute atomic E-state index is 13.6. The highest BCUT2D eigenvalue weighted by Gasteiger charge is 2.14. The van der Waals surface area contributed by atoms with E-state index in [0.717, 1.165) is 0 Å². The number of rotatable bonds is 3. The first-order chi connectivity index (χ1) is 8.59. The molecule has 0 unspecified atom stereocenters. The second-order valence-electron chi connectivity index (χ2n) is 3.48. The molecule has 0 atom stereocenters. The Morgan fingerprint density at radius 1 is 1.33 bits per heavy atom. The first-order valence-corrected chi connectivity index (χ1v) is 6.28. The van der Waals surface area contributed by atoms with Gasteiger partial charge in [-0.3, -0.25) is 0 Å². The lowest BCUT2D eigenvalue weighted by Crippen LogP contribution is -1.98. The third-order valence-corrected chi connectivity index (χ3v) is 3.54. The molecule has 0 saturated carbocycles. The Morgan fingerprint density at radius 3 is 2.67 bits per heavy atom. The number of carboxylic acids is 1. The molecule has 0 aliphatic carbocycles. The predicted octanol–water partition coefficient (Wildman–Crippen LogP) is 4.17. The summed E-state index contributed by atoms with van der Waals surface area (Å²) >= 11 is 7.14. The molecule has 1 aromatic carbocycles. The fourth-order valence-electron chi connectivity index (χ4n) is 1.46. The number of aliphatic carboxylic acids is 1. The molecule has 0 saturated heterocycles. The van der Waals surface area contributed by atoms with Crippen molar-refractivity contribution in [3.8, 4) is 0 Å². The summed E-state index contributed by atoms with van der Waals surface area (Å²) in [6.45, 7) is 0. The molecule has 2 nitrogen and oxygen atoms in total. The van der Waals surface area contributed by atoms with Crippen LogP contribution in [0.25, 0.3) is 11.6 Å². The summed E-state index contributed by atoms with van der Waals surface area (Å²) in [5.74, 6) is -1.66.